The Bertz CT molecular complexity index is 1060. The molecule has 2 aromatic heterocycles. The van der Waals surface area contributed by atoms with Gasteiger partial charge in [-0.15, -0.1) is 11.3 Å². The number of hydrogen-bond acceptors (Lipinski definition) is 4. The second-order valence-electron chi connectivity index (χ2n) is 5.52. The monoisotopic (exact) mass is 397 g/mol. The highest BCUT2D eigenvalue weighted by Crippen LogP contribution is 2.30. The molecule has 0 saturated heterocycles. The number of aromatic nitrogens is 2. The first kappa shape index (κ1) is 18.8. The maximum absolute atomic E-state index is 13.0. The number of benzene rings is 1. The quantitative estimate of drug-likeness (QED) is 0.650. The highest BCUT2D eigenvalue weighted by Gasteiger charge is 2.31. The summed E-state index contributed by atoms with van der Waals surface area (Å²) < 4.78 is 51.3. The van der Waals surface area contributed by atoms with Gasteiger partial charge >= 0.3 is 6.18 Å². The van der Waals surface area contributed by atoms with Crippen LogP contribution in [0.4, 0.5) is 23.2 Å². The van der Waals surface area contributed by atoms with E-state index in [0.29, 0.717) is 28.5 Å². The maximum Gasteiger partial charge on any atom is 0.417 e. The fourth-order valence-corrected chi connectivity index (χ4v) is 3.21. The van der Waals surface area contributed by atoms with E-state index in [9.17, 15) is 27.2 Å². The van der Waals surface area contributed by atoms with Gasteiger partial charge in [0, 0.05) is 11.8 Å². The van der Waals surface area contributed by atoms with Crippen LogP contribution >= 0.6 is 11.3 Å². The van der Waals surface area contributed by atoms with Crippen LogP contribution in [0.15, 0.2) is 41.3 Å². The Morgan fingerprint density at radius 1 is 1.22 bits per heavy atom. The molecule has 1 aromatic carbocycles. The molecule has 0 bridgehead atoms. The van der Waals surface area contributed by atoms with Crippen molar-refractivity contribution in [3.8, 4) is 10.6 Å². The van der Waals surface area contributed by atoms with Crippen molar-refractivity contribution >= 4 is 22.9 Å². The number of nitrogens with zero attached hydrogens (tertiary/aromatic N) is 1. The first-order chi connectivity index (χ1) is 12.6. The third-order valence-corrected chi connectivity index (χ3v) is 4.78. The van der Waals surface area contributed by atoms with Crippen LogP contribution in [0, 0.1) is 12.7 Å². The number of thiazole rings is 1. The lowest BCUT2D eigenvalue weighted by Crippen LogP contribution is -2.21. The van der Waals surface area contributed by atoms with Gasteiger partial charge in [0.05, 0.1) is 11.3 Å². The van der Waals surface area contributed by atoms with Crippen LogP contribution in [0.1, 0.15) is 20.9 Å². The molecule has 0 saturated carbocycles. The number of alkyl halides is 3. The molecule has 1 amide bonds. The first-order valence-electron chi connectivity index (χ1n) is 7.50. The summed E-state index contributed by atoms with van der Waals surface area (Å²) in [6.07, 6.45) is -4.14. The zero-order valence-electron chi connectivity index (χ0n) is 13.6. The van der Waals surface area contributed by atoms with Crippen molar-refractivity contribution in [1.29, 1.82) is 0 Å². The minimum atomic E-state index is -4.67. The second-order valence-corrected chi connectivity index (χ2v) is 6.52. The van der Waals surface area contributed by atoms with E-state index in [2.05, 4.69) is 10.3 Å². The predicted molar refractivity (Wildman–Crippen MR) is 92.3 cm³/mol. The molecule has 10 heteroatoms. The number of carbonyl (C=O) groups excluding carboxylic acids is 1. The number of anilines is 1. The molecule has 0 aliphatic heterocycles. The van der Waals surface area contributed by atoms with Gasteiger partial charge in [0.1, 0.15) is 21.4 Å². The average molecular weight is 397 g/mol. The number of nitrogens with one attached hydrogen (secondary N) is 2. The molecule has 5 nitrogen and oxygen atoms in total. The summed E-state index contributed by atoms with van der Waals surface area (Å²) in [5.41, 5.74) is -1.56. The van der Waals surface area contributed by atoms with Gasteiger partial charge in [-0.05, 0) is 37.3 Å². The molecule has 27 heavy (non-hydrogen) atoms. The lowest BCUT2D eigenvalue weighted by molar-refractivity contribution is -0.137. The number of rotatable bonds is 3. The molecule has 140 valence electrons. The SMILES string of the molecule is Cc1nc(-c2ccc(F)cc2)sc1C(=O)Nc1cc(C(F)(F)F)c[nH]c1=O. The highest BCUT2D eigenvalue weighted by atomic mass is 32.1. The zero-order valence-corrected chi connectivity index (χ0v) is 14.5. The summed E-state index contributed by atoms with van der Waals surface area (Å²) in [6.45, 7) is 1.55. The molecule has 2 heterocycles. The number of aryl methyl sites for hydroxylation is 1. The Kier molecular flexibility index (Phi) is 4.83. The van der Waals surface area contributed by atoms with Crippen LogP contribution < -0.4 is 10.9 Å². The Morgan fingerprint density at radius 2 is 1.89 bits per heavy atom. The summed E-state index contributed by atoms with van der Waals surface area (Å²) in [5, 5.41) is 2.62. The lowest BCUT2D eigenvalue weighted by atomic mass is 10.2. The molecule has 0 radical (unpaired) electrons. The Morgan fingerprint density at radius 3 is 2.52 bits per heavy atom. The maximum atomic E-state index is 13.0. The standard InChI is InChI=1S/C17H11F4N3O2S/c1-8-13(27-16(23-8)9-2-4-11(18)5-3-9)15(26)24-12-6-10(17(19,20)21)7-22-14(12)25/h2-7H,1H3,(H,22,25)(H,24,26). The second kappa shape index (κ2) is 6.95. The summed E-state index contributed by atoms with van der Waals surface area (Å²) >= 11 is 0.981. The van der Waals surface area contributed by atoms with E-state index in [0.717, 1.165) is 11.3 Å². The smallest absolute Gasteiger partial charge is 0.327 e. The van der Waals surface area contributed by atoms with Gasteiger partial charge in [-0.25, -0.2) is 9.37 Å². The van der Waals surface area contributed by atoms with Crippen LogP contribution in [0.5, 0.6) is 0 Å². The fourth-order valence-electron chi connectivity index (χ4n) is 2.24. The summed E-state index contributed by atoms with van der Waals surface area (Å²) in [4.78, 5) is 30.4. The van der Waals surface area contributed by atoms with Gasteiger partial charge in [-0.2, -0.15) is 13.2 Å². The fraction of sp³-hybridized carbons (Fsp3) is 0.118. The summed E-state index contributed by atoms with van der Waals surface area (Å²) in [6, 6.07) is 6.04. The van der Waals surface area contributed by atoms with Crippen molar-refractivity contribution in [2.75, 3.05) is 5.32 Å². The van der Waals surface area contributed by atoms with E-state index in [1.807, 2.05) is 4.98 Å². The van der Waals surface area contributed by atoms with E-state index in [-0.39, 0.29) is 4.88 Å². The van der Waals surface area contributed by atoms with Crippen molar-refractivity contribution in [2.24, 2.45) is 0 Å². The van der Waals surface area contributed by atoms with Gasteiger partial charge < -0.3 is 10.3 Å². The van der Waals surface area contributed by atoms with E-state index < -0.39 is 34.7 Å². The number of aromatic amines is 1. The van der Waals surface area contributed by atoms with Gasteiger partial charge in [-0.3, -0.25) is 9.59 Å². The molecule has 0 aliphatic rings. The van der Waals surface area contributed by atoms with Gasteiger partial charge in [0.2, 0.25) is 0 Å². The molecule has 0 spiro atoms. The van der Waals surface area contributed by atoms with Crippen LogP contribution in [-0.4, -0.2) is 15.9 Å². The highest BCUT2D eigenvalue weighted by molar-refractivity contribution is 7.17. The minimum absolute atomic E-state index is 0.131. The Hall–Kier alpha value is -3.01. The largest absolute Gasteiger partial charge is 0.417 e. The number of halogens is 4. The van der Waals surface area contributed by atoms with Crippen LogP contribution in [-0.2, 0) is 6.18 Å². The van der Waals surface area contributed by atoms with Crippen molar-refractivity contribution in [1.82, 2.24) is 9.97 Å². The van der Waals surface area contributed by atoms with E-state index >= 15 is 0 Å². The molecule has 3 aromatic rings. The molecular weight excluding hydrogens is 386 g/mol. The van der Waals surface area contributed by atoms with E-state index in [1.54, 1.807) is 6.92 Å². The number of carbonyl (C=O) groups is 1. The molecule has 0 atom stereocenters. The molecule has 3 rings (SSSR count). The van der Waals surface area contributed by atoms with E-state index in [1.165, 1.54) is 24.3 Å². The van der Waals surface area contributed by atoms with Crippen LogP contribution in [0.25, 0.3) is 10.6 Å². The average Bonchev–Trinajstić information content (AvgIpc) is 2.98. The van der Waals surface area contributed by atoms with Crippen molar-refractivity contribution < 1.29 is 22.4 Å². The molecular formula is C17H11F4N3O2S. The van der Waals surface area contributed by atoms with Gasteiger partial charge in [0.15, 0.2) is 0 Å². The lowest BCUT2D eigenvalue weighted by Gasteiger charge is -2.08. The molecule has 2 N–H and O–H groups in total. The third-order valence-electron chi connectivity index (χ3n) is 3.57. The first-order valence-corrected chi connectivity index (χ1v) is 8.31. The number of pyridine rings is 1. The minimum Gasteiger partial charge on any atom is -0.327 e. The van der Waals surface area contributed by atoms with Gasteiger partial charge in [0.25, 0.3) is 11.5 Å². The van der Waals surface area contributed by atoms with Crippen molar-refractivity contribution in [2.45, 2.75) is 13.1 Å². The summed E-state index contributed by atoms with van der Waals surface area (Å²) in [5.74, 6) is -1.18. The normalized spacial score (nSPS) is 11.4. The zero-order chi connectivity index (χ0) is 19.8. The predicted octanol–water partition coefficient (Wildman–Crippen LogP) is 4.22. The Labute approximate surface area is 153 Å². The molecule has 0 fully saturated rings. The number of hydrogen-bond donors (Lipinski definition) is 2. The van der Waals surface area contributed by atoms with Crippen molar-refractivity contribution in [3.63, 3.8) is 0 Å². The molecule has 0 aliphatic carbocycles. The Balaban J connectivity index is 1.89. The van der Waals surface area contributed by atoms with Crippen LogP contribution in [0.2, 0.25) is 0 Å². The molecule has 0 unspecified atom stereocenters. The van der Waals surface area contributed by atoms with Crippen molar-refractivity contribution in [3.05, 3.63) is 68.8 Å². The topological polar surface area (TPSA) is 74.8 Å². The van der Waals surface area contributed by atoms with E-state index in [4.69, 9.17) is 0 Å². The summed E-state index contributed by atoms with van der Waals surface area (Å²) in [7, 11) is 0. The van der Waals surface area contributed by atoms with Gasteiger partial charge in [-0.1, -0.05) is 0 Å². The van der Waals surface area contributed by atoms with Crippen LogP contribution in [0.3, 0.4) is 0 Å². The number of H-pyrrole nitrogens is 1. The third kappa shape index (κ3) is 4.05. The number of amides is 1.